The molecule has 0 fully saturated rings. The predicted octanol–water partition coefficient (Wildman–Crippen LogP) is 2.72. The van der Waals surface area contributed by atoms with E-state index in [1.165, 1.54) is 12.1 Å². The van der Waals surface area contributed by atoms with E-state index in [-0.39, 0.29) is 22.3 Å². The minimum Gasteiger partial charge on any atom is -0.392 e. The third-order valence-electron chi connectivity index (χ3n) is 2.16. The van der Waals surface area contributed by atoms with Crippen molar-refractivity contribution in [3.05, 3.63) is 32.3 Å². The molecule has 0 bridgehead atoms. The normalized spacial score (nSPS) is 12.3. The Morgan fingerprint density at radius 2 is 2.00 bits per heavy atom. The average molecular weight is 279 g/mol. The van der Waals surface area contributed by atoms with Crippen molar-refractivity contribution in [1.82, 2.24) is 0 Å². The quantitative estimate of drug-likeness (QED) is 0.679. The van der Waals surface area contributed by atoms with Crippen molar-refractivity contribution in [2.45, 2.75) is 13.0 Å². The van der Waals surface area contributed by atoms with E-state index in [2.05, 4.69) is 0 Å². The fraction of sp³-hybridized carbons (Fsp3) is 0.400. The number of hydrogen-bond acceptors (Lipinski definition) is 4. The summed E-state index contributed by atoms with van der Waals surface area (Å²) in [7, 11) is 1.64. The van der Waals surface area contributed by atoms with Crippen LogP contribution in [0, 0.1) is 10.1 Å². The third kappa shape index (κ3) is 3.46. The number of halogens is 2. The van der Waals surface area contributed by atoms with Crippen LogP contribution >= 0.6 is 23.2 Å². The summed E-state index contributed by atoms with van der Waals surface area (Å²) in [6.45, 7) is 1.86. The lowest BCUT2D eigenvalue weighted by Gasteiger charge is -2.21. The van der Waals surface area contributed by atoms with Gasteiger partial charge in [0.15, 0.2) is 0 Å². The molecule has 1 N–H and O–H groups in total. The first-order valence-electron chi connectivity index (χ1n) is 4.85. The van der Waals surface area contributed by atoms with E-state index in [0.717, 1.165) is 0 Å². The summed E-state index contributed by atoms with van der Waals surface area (Å²) in [4.78, 5) is 11.9. The van der Waals surface area contributed by atoms with Gasteiger partial charge in [0.05, 0.1) is 21.1 Å². The highest BCUT2D eigenvalue weighted by molar-refractivity contribution is 6.42. The standard InChI is InChI=1S/C10H12Cl2N2O3/c1-6(15)5-13(2)9-3-7(11)8(12)4-10(9)14(16)17/h3-4,6,15H,5H2,1-2H3. The minimum atomic E-state index is -0.603. The highest BCUT2D eigenvalue weighted by Gasteiger charge is 2.20. The zero-order valence-corrected chi connectivity index (χ0v) is 10.9. The van der Waals surface area contributed by atoms with Gasteiger partial charge in [0, 0.05) is 19.7 Å². The van der Waals surface area contributed by atoms with Crippen LogP contribution < -0.4 is 4.90 Å². The molecule has 5 nitrogen and oxygen atoms in total. The number of aliphatic hydroxyl groups excluding tert-OH is 1. The summed E-state index contributed by atoms with van der Waals surface area (Å²) in [5.74, 6) is 0. The summed E-state index contributed by atoms with van der Waals surface area (Å²) < 4.78 is 0. The smallest absolute Gasteiger partial charge is 0.294 e. The maximum Gasteiger partial charge on any atom is 0.294 e. The third-order valence-corrected chi connectivity index (χ3v) is 2.89. The molecule has 0 aliphatic carbocycles. The van der Waals surface area contributed by atoms with Gasteiger partial charge in [0.1, 0.15) is 5.69 Å². The molecular weight excluding hydrogens is 267 g/mol. The van der Waals surface area contributed by atoms with E-state index < -0.39 is 11.0 Å². The molecule has 0 amide bonds. The van der Waals surface area contributed by atoms with Gasteiger partial charge in [-0.25, -0.2) is 0 Å². The van der Waals surface area contributed by atoms with E-state index in [1.807, 2.05) is 0 Å². The summed E-state index contributed by atoms with van der Waals surface area (Å²) in [5, 5.41) is 20.5. The van der Waals surface area contributed by atoms with Crippen LogP contribution in [-0.4, -0.2) is 29.7 Å². The minimum absolute atomic E-state index is 0.132. The maximum absolute atomic E-state index is 10.9. The molecule has 94 valence electrons. The van der Waals surface area contributed by atoms with E-state index in [1.54, 1.807) is 18.9 Å². The summed E-state index contributed by atoms with van der Waals surface area (Å²) in [5.41, 5.74) is 0.188. The summed E-state index contributed by atoms with van der Waals surface area (Å²) in [6.07, 6.45) is -0.603. The SMILES string of the molecule is CC(O)CN(C)c1cc(Cl)c(Cl)cc1[N+](=O)[O-]. The summed E-state index contributed by atoms with van der Waals surface area (Å²) in [6, 6.07) is 2.63. The lowest BCUT2D eigenvalue weighted by molar-refractivity contribution is -0.384. The van der Waals surface area contributed by atoms with Crippen LogP contribution in [-0.2, 0) is 0 Å². The Balaban J connectivity index is 3.20. The molecule has 7 heteroatoms. The second-order valence-electron chi connectivity index (χ2n) is 3.74. The number of nitro benzene ring substituents is 1. The largest absolute Gasteiger partial charge is 0.392 e. The van der Waals surface area contributed by atoms with Crippen LogP contribution in [0.1, 0.15) is 6.92 Å². The number of nitro groups is 1. The highest BCUT2D eigenvalue weighted by atomic mass is 35.5. The first-order chi connectivity index (χ1) is 7.82. The van der Waals surface area contributed by atoms with Crippen LogP contribution in [0.4, 0.5) is 11.4 Å². The molecule has 0 radical (unpaired) electrons. The van der Waals surface area contributed by atoms with Crippen molar-refractivity contribution in [1.29, 1.82) is 0 Å². The first-order valence-corrected chi connectivity index (χ1v) is 5.61. The van der Waals surface area contributed by atoms with Gasteiger partial charge in [-0.2, -0.15) is 0 Å². The molecule has 0 aliphatic heterocycles. The van der Waals surface area contributed by atoms with Crippen LogP contribution in [0.25, 0.3) is 0 Å². The Bertz CT molecular complexity index is 438. The molecule has 0 saturated heterocycles. The fourth-order valence-corrected chi connectivity index (χ4v) is 1.79. The molecule has 17 heavy (non-hydrogen) atoms. The zero-order chi connectivity index (χ0) is 13.2. The lowest BCUT2D eigenvalue weighted by atomic mass is 10.2. The Hall–Kier alpha value is -1.04. The molecule has 0 aromatic heterocycles. The van der Waals surface area contributed by atoms with Gasteiger partial charge in [-0.1, -0.05) is 23.2 Å². The molecule has 1 unspecified atom stereocenters. The maximum atomic E-state index is 10.9. The van der Waals surface area contributed by atoms with Crippen LogP contribution in [0.15, 0.2) is 12.1 Å². The van der Waals surface area contributed by atoms with Crippen molar-refractivity contribution in [2.24, 2.45) is 0 Å². The van der Waals surface area contributed by atoms with Gasteiger partial charge in [-0.05, 0) is 13.0 Å². The molecular formula is C10H12Cl2N2O3. The fourth-order valence-electron chi connectivity index (χ4n) is 1.47. The molecule has 1 atom stereocenters. The van der Waals surface area contributed by atoms with Crippen molar-refractivity contribution in [2.75, 3.05) is 18.5 Å². The topological polar surface area (TPSA) is 66.6 Å². The number of benzene rings is 1. The molecule has 0 aliphatic rings. The molecule has 1 rings (SSSR count). The monoisotopic (exact) mass is 278 g/mol. The zero-order valence-electron chi connectivity index (χ0n) is 9.35. The molecule has 1 aromatic carbocycles. The Morgan fingerprint density at radius 1 is 1.47 bits per heavy atom. The van der Waals surface area contributed by atoms with Gasteiger partial charge in [-0.15, -0.1) is 0 Å². The number of aliphatic hydroxyl groups is 1. The second-order valence-corrected chi connectivity index (χ2v) is 4.56. The number of nitrogens with zero attached hydrogens (tertiary/aromatic N) is 2. The number of likely N-dealkylation sites (N-methyl/N-ethyl adjacent to an activating group) is 1. The predicted molar refractivity (Wildman–Crippen MR) is 68.1 cm³/mol. The highest BCUT2D eigenvalue weighted by Crippen LogP contribution is 2.35. The van der Waals surface area contributed by atoms with E-state index in [0.29, 0.717) is 5.69 Å². The van der Waals surface area contributed by atoms with Gasteiger partial charge in [0.25, 0.3) is 5.69 Å². The first kappa shape index (κ1) is 14.0. The van der Waals surface area contributed by atoms with Crippen molar-refractivity contribution in [3.63, 3.8) is 0 Å². The molecule has 1 aromatic rings. The van der Waals surface area contributed by atoms with Crippen LogP contribution in [0.2, 0.25) is 10.0 Å². The van der Waals surface area contributed by atoms with Gasteiger partial charge >= 0.3 is 0 Å². The van der Waals surface area contributed by atoms with E-state index >= 15 is 0 Å². The van der Waals surface area contributed by atoms with Crippen LogP contribution in [0.3, 0.4) is 0 Å². The van der Waals surface area contributed by atoms with Crippen molar-refractivity contribution in [3.8, 4) is 0 Å². The Labute approximate surface area is 109 Å². The number of hydrogen-bond donors (Lipinski definition) is 1. The van der Waals surface area contributed by atoms with Gasteiger partial charge in [0.2, 0.25) is 0 Å². The number of rotatable bonds is 4. The van der Waals surface area contributed by atoms with Crippen LogP contribution in [0.5, 0.6) is 0 Å². The lowest BCUT2D eigenvalue weighted by Crippen LogP contribution is -2.27. The second kappa shape index (κ2) is 5.53. The van der Waals surface area contributed by atoms with Gasteiger partial charge in [-0.3, -0.25) is 10.1 Å². The Morgan fingerprint density at radius 3 is 2.47 bits per heavy atom. The van der Waals surface area contributed by atoms with E-state index in [4.69, 9.17) is 23.2 Å². The number of anilines is 1. The molecule has 0 spiro atoms. The Kier molecular flexibility index (Phi) is 4.56. The van der Waals surface area contributed by atoms with E-state index in [9.17, 15) is 15.2 Å². The molecule has 0 heterocycles. The van der Waals surface area contributed by atoms with Crippen molar-refractivity contribution >= 4 is 34.6 Å². The molecule has 0 saturated carbocycles. The van der Waals surface area contributed by atoms with Gasteiger partial charge < -0.3 is 10.0 Å². The van der Waals surface area contributed by atoms with Crippen molar-refractivity contribution < 1.29 is 10.0 Å². The average Bonchev–Trinajstić information content (AvgIpc) is 2.19. The summed E-state index contributed by atoms with van der Waals surface area (Å²) >= 11 is 11.6.